The first-order valence-corrected chi connectivity index (χ1v) is 6.92. The van der Waals surface area contributed by atoms with Gasteiger partial charge in [0, 0.05) is 13.2 Å². The predicted octanol–water partition coefficient (Wildman–Crippen LogP) is 1.75. The summed E-state index contributed by atoms with van der Waals surface area (Å²) in [5.41, 5.74) is 0. The Morgan fingerprint density at radius 3 is 2.93 bits per heavy atom. The third-order valence-electron chi connectivity index (χ3n) is 3.40. The smallest absolute Gasteiger partial charge is 0.0588 e. The summed E-state index contributed by atoms with van der Waals surface area (Å²) in [6.45, 7) is 5.54. The first-order chi connectivity index (χ1) is 6.86. The molecular formula is C11H21NOS. The Balaban J connectivity index is 1.57. The van der Waals surface area contributed by atoms with Crippen molar-refractivity contribution in [2.75, 3.05) is 31.2 Å². The standard InChI is InChI=1S/C11H21NOS/c1-9-11(2-4-13-9)7-12-6-10-3-5-14-8-10/h9-12H,2-8H2,1H3. The zero-order valence-electron chi connectivity index (χ0n) is 9.00. The highest BCUT2D eigenvalue weighted by molar-refractivity contribution is 7.99. The Bertz CT molecular complexity index is 171. The molecule has 2 aliphatic rings. The summed E-state index contributed by atoms with van der Waals surface area (Å²) in [7, 11) is 0. The number of rotatable bonds is 4. The Hall–Kier alpha value is 0.270. The second kappa shape index (κ2) is 5.38. The van der Waals surface area contributed by atoms with Crippen LogP contribution in [0.25, 0.3) is 0 Å². The van der Waals surface area contributed by atoms with Crippen LogP contribution in [0.5, 0.6) is 0 Å². The quantitative estimate of drug-likeness (QED) is 0.772. The average molecular weight is 215 g/mol. The summed E-state index contributed by atoms with van der Waals surface area (Å²) in [4.78, 5) is 0. The van der Waals surface area contributed by atoms with E-state index in [1.54, 1.807) is 0 Å². The minimum atomic E-state index is 0.473. The van der Waals surface area contributed by atoms with Crippen molar-refractivity contribution in [2.45, 2.75) is 25.9 Å². The molecule has 1 N–H and O–H groups in total. The molecule has 2 heterocycles. The van der Waals surface area contributed by atoms with Crippen molar-refractivity contribution in [3.8, 4) is 0 Å². The highest BCUT2D eigenvalue weighted by Gasteiger charge is 2.24. The lowest BCUT2D eigenvalue weighted by Crippen LogP contribution is -2.30. The molecule has 3 atom stereocenters. The fraction of sp³-hybridized carbons (Fsp3) is 1.00. The van der Waals surface area contributed by atoms with Crippen molar-refractivity contribution in [3.05, 3.63) is 0 Å². The molecule has 82 valence electrons. The molecule has 0 aromatic rings. The van der Waals surface area contributed by atoms with Gasteiger partial charge in [-0.1, -0.05) is 0 Å². The van der Waals surface area contributed by atoms with E-state index in [1.165, 1.54) is 30.9 Å². The van der Waals surface area contributed by atoms with E-state index in [0.29, 0.717) is 6.10 Å². The molecule has 0 aromatic carbocycles. The normalized spacial score (nSPS) is 37.9. The van der Waals surface area contributed by atoms with Crippen LogP contribution in [0.1, 0.15) is 19.8 Å². The lowest BCUT2D eigenvalue weighted by atomic mass is 10.0. The number of hydrogen-bond acceptors (Lipinski definition) is 3. The Morgan fingerprint density at radius 2 is 2.29 bits per heavy atom. The summed E-state index contributed by atoms with van der Waals surface area (Å²) < 4.78 is 5.54. The SMILES string of the molecule is CC1OCCC1CNCC1CCSC1. The summed E-state index contributed by atoms with van der Waals surface area (Å²) in [5, 5.41) is 3.61. The summed E-state index contributed by atoms with van der Waals surface area (Å²) in [5.74, 6) is 4.42. The van der Waals surface area contributed by atoms with E-state index >= 15 is 0 Å². The van der Waals surface area contributed by atoms with Crippen molar-refractivity contribution >= 4 is 11.8 Å². The Kier molecular flexibility index (Phi) is 4.14. The van der Waals surface area contributed by atoms with Gasteiger partial charge in [0.2, 0.25) is 0 Å². The zero-order valence-corrected chi connectivity index (χ0v) is 9.81. The first-order valence-electron chi connectivity index (χ1n) is 5.76. The minimum absolute atomic E-state index is 0.473. The third kappa shape index (κ3) is 2.88. The number of hydrogen-bond donors (Lipinski definition) is 1. The third-order valence-corrected chi connectivity index (χ3v) is 4.63. The highest BCUT2D eigenvalue weighted by atomic mass is 32.2. The van der Waals surface area contributed by atoms with Crippen LogP contribution in [0.4, 0.5) is 0 Å². The van der Waals surface area contributed by atoms with Crippen LogP contribution in [0.15, 0.2) is 0 Å². The highest BCUT2D eigenvalue weighted by Crippen LogP contribution is 2.23. The maximum atomic E-state index is 5.54. The molecule has 3 heteroatoms. The van der Waals surface area contributed by atoms with Gasteiger partial charge in [0.1, 0.15) is 0 Å². The molecular weight excluding hydrogens is 194 g/mol. The molecule has 0 spiro atoms. The minimum Gasteiger partial charge on any atom is -0.378 e. The van der Waals surface area contributed by atoms with Crippen LogP contribution in [-0.2, 0) is 4.74 Å². The maximum Gasteiger partial charge on any atom is 0.0588 e. The molecule has 0 amide bonds. The van der Waals surface area contributed by atoms with E-state index in [1.807, 2.05) is 0 Å². The van der Waals surface area contributed by atoms with Crippen LogP contribution in [0.2, 0.25) is 0 Å². The van der Waals surface area contributed by atoms with E-state index < -0.39 is 0 Å². The molecule has 0 radical (unpaired) electrons. The lowest BCUT2D eigenvalue weighted by molar-refractivity contribution is 0.105. The van der Waals surface area contributed by atoms with Crippen molar-refractivity contribution in [1.82, 2.24) is 5.32 Å². The van der Waals surface area contributed by atoms with Crippen LogP contribution in [0, 0.1) is 11.8 Å². The molecule has 0 saturated carbocycles. The van der Waals surface area contributed by atoms with Gasteiger partial charge in [-0.05, 0) is 49.7 Å². The van der Waals surface area contributed by atoms with Gasteiger partial charge in [0.05, 0.1) is 6.10 Å². The van der Waals surface area contributed by atoms with Crippen LogP contribution < -0.4 is 5.32 Å². The second-order valence-electron chi connectivity index (χ2n) is 4.51. The van der Waals surface area contributed by atoms with E-state index in [-0.39, 0.29) is 0 Å². The zero-order chi connectivity index (χ0) is 9.80. The first kappa shape index (κ1) is 10.8. The van der Waals surface area contributed by atoms with Gasteiger partial charge in [-0.25, -0.2) is 0 Å². The van der Waals surface area contributed by atoms with Crippen LogP contribution in [0.3, 0.4) is 0 Å². The van der Waals surface area contributed by atoms with Gasteiger partial charge >= 0.3 is 0 Å². The van der Waals surface area contributed by atoms with E-state index in [4.69, 9.17) is 4.74 Å². The van der Waals surface area contributed by atoms with Gasteiger partial charge in [0.25, 0.3) is 0 Å². The van der Waals surface area contributed by atoms with Crippen molar-refractivity contribution in [3.63, 3.8) is 0 Å². The molecule has 0 aromatic heterocycles. The van der Waals surface area contributed by atoms with E-state index in [9.17, 15) is 0 Å². The molecule has 2 fully saturated rings. The van der Waals surface area contributed by atoms with Gasteiger partial charge in [-0.15, -0.1) is 0 Å². The van der Waals surface area contributed by atoms with Gasteiger partial charge in [-0.3, -0.25) is 0 Å². The average Bonchev–Trinajstić information content (AvgIpc) is 2.78. The molecule has 2 rings (SSSR count). The lowest BCUT2D eigenvalue weighted by Gasteiger charge is -2.16. The number of ether oxygens (including phenoxy) is 1. The molecule has 3 unspecified atom stereocenters. The molecule has 0 aliphatic carbocycles. The van der Waals surface area contributed by atoms with Gasteiger partial charge < -0.3 is 10.1 Å². The fourth-order valence-electron chi connectivity index (χ4n) is 2.26. The molecule has 2 aliphatic heterocycles. The predicted molar refractivity (Wildman–Crippen MR) is 61.8 cm³/mol. The van der Waals surface area contributed by atoms with Gasteiger partial charge in [0.15, 0.2) is 0 Å². The number of thioether (sulfide) groups is 1. The second-order valence-corrected chi connectivity index (χ2v) is 5.66. The Labute approximate surface area is 91.2 Å². The molecule has 0 bridgehead atoms. The van der Waals surface area contributed by atoms with Crippen molar-refractivity contribution < 1.29 is 4.74 Å². The topological polar surface area (TPSA) is 21.3 Å². The van der Waals surface area contributed by atoms with Crippen molar-refractivity contribution in [1.29, 1.82) is 0 Å². The fourth-order valence-corrected chi connectivity index (χ4v) is 3.55. The molecule has 2 saturated heterocycles. The summed E-state index contributed by atoms with van der Waals surface area (Å²) in [6.07, 6.45) is 3.13. The molecule has 14 heavy (non-hydrogen) atoms. The Morgan fingerprint density at radius 1 is 1.36 bits per heavy atom. The maximum absolute atomic E-state index is 5.54. The molecule has 2 nitrogen and oxygen atoms in total. The number of nitrogens with one attached hydrogen (secondary N) is 1. The van der Waals surface area contributed by atoms with Crippen LogP contribution >= 0.6 is 11.8 Å². The van der Waals surface area contributed by atoms with E-state index in [0.717, 1.165) is 25.0 Å². The summed E-state index contributed by atoms with van der Waals surface area (Å²) >= 11 is 2.10. The largest absolute Gasteiger partial charge is 0.378 e. The van der Waals surface area contributed by atoms with Crippen molar-refractivity contribution in [2.24, 2.45) is 11.8 Å². The monoisotopic (exact) mass is 215 g/mol. The summed E-state index contributed by atoms with van der Waals surface area (Å²) in [6, 6.07) is 0. The van der Waals surface area contributed by atoms with E-state index in [2.05, 4.69) is 24.0 Å². The van der Waals surface area contributed by atoms with Gasteiger partial charge in [-0.2, -0.15) is 11.8 Å². The van der Waals surface area contributed by atoms with Crippen LogP contribution in [-0.4, -0.2) is 37.3 Å².